The Morgan fingerprint density at radius 1 is 1.26 bits per heavy atom. The molecule has 3 aromatic rings. The number of rotatable bonds is 2. The number of hydrogen-bond acceptors (Lipinski definition) is 5. The van der Waals surface area contributed by atoms with Crippen LogP contribution in [0.5, 0.6) is 0 Å². The Kier molecular flexibility index (Phi) is 2.93. The van der Waals surface area contributed by atoms with Gasteiger partial charge in [-0.05, 0) is 41.6 Å². The van der Waals surface area contributed by atoms with Crippen LogP contribution in [-0.2, 0) is 0 Å². The molecular weight excluding hydrogens is 256 g/mol. The molecule has 96 valence electrons. The van der Waals surface area contributed by atoms with Crippen molar-refractivity contribution in [1.82, 2.24) is 9.97 Å². The molecule has 0 radical (unpaired) electrons. The fourth-order valence-corrected chi connectivity index (χ4v) is 2.98. The number of pyridine rings is 2. The van der Waals surface area contributed by atoms with E-state index in [0.29, 0.717) is 5.82 Å². The van der Waals surface area contributed by atoms with Crippen LogP contribution in [0.3, 0.4) is 0 Å². The average Bonchev–Trinajstić information content (AvgIpc) is 2.85. The molecule has 1 unspecified atom stereocenters. The number of hydrogen-bond donors (Lipinski definition) is 2. The minimum absolute atomic E-state index is 0.298. The molecule has 0 aromatic carbocycles. The van der Waals surface area contributed by atoms with Crippen LogP contribution in [0, 0.1) is 6.92 Å². The molecule has 3 aromatic heterocycles. The fraction of sp³-hybridized carbons (Fsp3) is 0.143. The van der Waals surface area contributed by atoms with Gasteiger partial charge in [0.1, 0.15) is 5.82 Å². The van der Waals surface area contributed by atoms with Gasteiger partial charge < -0.3 is 11.5 Å². The molecular formula is C14H14N4S. The maximum Gasteiger partial charge on any atom is 0.128 e. The zero-order valence-corrected chi connectivity index (χ0v) is 11.3. The minimum Gasteiger partial charge on any atom is -0.383 e. The second kappa shape index (κ2) is 4.60. The van der Waals surface area contributed by atoms with E-state index in [1.165, 1.54) is 0 Å². The number of nitrogens with zero attached hydrogens (tertiary/aromatic N) is 2. The molecule has 0 fully saturated rings. The quantitative estimate of drug-likeness (QED) is 0.750. The third kappa shape index (κ3) is 2.07. The van der Waals surface area contributed by atoms with Crippen LogP contribution < -0.4 is 11.5 Å². The van der Waals surface area contributed by atoms with Crippen molar-refractivity contribution in [2.24, 2.45) is 5.73 Å². The highest BCUT2D eigenvalue weighted by Crippen LogP contribution is 2.28. The van der Waals surface area contributed by atoms with E-state index in [1.807, 2.05) is 30.6 Å². The van der Waals surface area contributed by atoms with Crippen molar-refractivity contribution in [3.05, 3.63) is 52.7 Å². The third-order valence-electron chi connectivity index (χ3n) is 3.23. The van der Waals surface area contributed by atoms with Crippen molar-refractivity contribution >= 4 is 27.4 Å². The molecule has 0 amide bonds. The summed E-state index contributed by atoms with van der Waals surface area (Å²) in [7, 11) is 0. The number of anilines is 1. The molecule has 0 bridgehead atoms. The molecule has 1 atom stereocenters. The lowest BCUT2D eigenvalue weighted by atomic mass is 9.97. The molecule has 0 aliphatic carbocycles. The van der Waals surface area contributed by atoms with Crippen molar-refractivity contribution in [3.63, 3.8) is 0 Å². The molecule has 0 spiro atoms. The van der Waals surface area contributed by atoms with E-state index < -0.39 is 0 Å². The molecule has 4 N–H and O–H groups in total. The van der Waals surface area contributed by atoms with E-state index in [0.717, 1.165) is 26.9 Å². The highest BCUT2D eigenvalue weighted by Gasteiger charge is 2.16. The fourth-order valence-electron chi connectivity index (χ4n) is 2.19. The van der Waals surface area contributed by atoms with Crippen LogP contribution in [-0.4, -0.2) is 9.97 Å². The van der Waals surface area contributed by atoms with Gasteiger partial charge in [0.2, 0.25) is 0 Å². The maximum atomic E-state index is 6.32. The number of aryl methyl sites for hydroxylation is 1. The third-order valence-corrected chi connectivity index (χ3v) is 4.09. The Morgan fingerprint density at radius 2 is 2.11 bits per heavy atom. The van der Waals surface area contributed by atoms with Crippen LogP contribution in [0.4, 0.5) is 5.82 Å². The molecule has 19 heavy (non-hydrogen) atoms. The van der Waals surface area contributed by atoms with Gasteiger partial charge >= 0.3 is 0 Å². The van der Waals surface area contributed by atoms with Gasteiger partial charge in [-0.25, -0.2) is 4.98 Å². The lowest BCUT2D eigenvalue weighted by Crippen LogP contribution is -2.16. The predicted molar refractivity (Wildman–Crippen MR) is 79.0 cm³/mol. The van der Waals surface area contributed by atoms with E-state index >= 15 is 0 Å². The summed E-state index contributed by atoms with van der Waals surface area (Å²) in [5, 5.41) is 2.02. The summed E-state index contributed by atoms with van der Waals surface area (Å²) in [5.74, 6) is 0.485. The van der Waals surface area contributed by atoms with Crippen LogP contribution in [0.2, 0.25) is 0 Å². The SMILES string of the molecule is Cc1ccnc(N)c1C(N)c1cnc2ccsc2c1. The summed E-state index contributed by atoms with van der Waals surface area (Å²) in [6.45, 7) is 1.99. The first-order chi connectivity index (χ1) is 9.16. The first kappa shape index (κ1) is 12.1. The second-order valence-electron chi connectivity index (χ2n) is 4.48. The molecule has 0 aliphatic rings. The number of nitrogen functional groups attached to an aromatic ring is 1. The molecule has 4 nitrogen and oxygen atoms in total. The Labute approximate surface area is 115 Å². The first-order valence-corrected chi connectivity index (χ1v) is 6.84. The van der Waals surface area contributed by atoms with Crippen molar-refractivity contribution < 1.29 is 0 Å². The first-order valence-electron chi connectivity index (χ1n) is 5.96. The lowest BCUT2D eigenvalue weighted by molar-refractivity contribution is 0.854. The van der Waals surface area contributed by atoms with Crippen molar-refractivity contribution in [1.29, 1.82) is 0 Å². The number of nitrogens with two attached hydrogens (primary N) is 2. The number of fused-ring (bicyclic) bond motifs is 1. The van der Waals surface area contributed by atoms with Crippen LogP contribution >= 0.6 is 11.3 Å². The highest BCUT2D eigenvalue weighted by atomic mass is 32.1. The Balaban J connectivity index is 2.10. The second-order valence-corrected chi connectivity index (χ2v) is 5.42. The Bertz CT molecular complexity index is 715. The Hall–Kier alpha value is -1.98. The average molecular weight is 270 g/mol. The van der Waals surface area contributed by atoms with E-state index in [-0.39, 0.29) is 6.04 Å². The van der Waals surface area contributed by atoms with Gasteiger partial charge in [-0.3, -0.25) is 4.98 Å². The van der Waals surface area contributed by atoms with Crippen LogP contribution in [0.1, 0.15) is 22.7 Å². The molecule has 5 heteroatoms. The van der Waals surface area contributed by atoms with Gasteiger partial charge in [0, 0.05) is 18.0 Å². The van der Waals surface area contributed by atoms with Gasteiger partial charge in [-0.15, -0.1) is 11.3 Å². The molecule has 0 saturated carbocycles. The molecule has 0 aliphatic heterocycles. The van der Waals surface area contributed by atoms with E-state index in [2.05, 4.69) is 16.0 Å². The topological polar surface area (TPSA) is 77.8 Å². The normalized spacial score (nSPS) is 12.7. The summed E-state index contributed by atoms with van der Waals surface area (Å²) in [6, 6.07) is 5.69. The van der Waals surface area contributed by atoms with E-state index in [4.69, 9.17) is 11.5 Å². The van der Waals surface area contributed by atoms with Gasteiger partial charge in [0.05, 0.1) is 16.3 Å². The highest BCUT2D eigenvalue weighted by molar-refractivity contribution is 7.17. The summed E-state index contributed by atoms with van der Waals surface area (Å²) >= 11 is 1.66. The van der Waals surface area contributed by atoms with Crippen LogP contribution in [0.25, 0.3) is 10.2 Å². The molecule has 0 saturated heterocycles. The summed E-state index contributed by atoms with van der Waals surface area (Å²) < 4.78 is 1.13. The molecule has 3 heterocycles. The molecule has 3 rings (SSSR count). The largest absolute Gasteiger partial charge is 0.383 e. The predicted octanol–water partition coefficient (Wildman–Crippen LogP) is 2.63. The standard InChI is InChI=1S/C14H14N4S/c1-8-2-4-17-14(16)12(8)13(15)9-6-11-10(18-7-9)3-5-19-11/h2-7,13H,15H2,1H3,(H2,16,17). The van der Waals surface area contributed by atoms with Gasteiger partial charge in [-0.1, -0.05) is 0 Å². The van der Waals surface area contributed by atoms with E-state index in [9.17, 15) is 0 Å². The summed E-state index contributed by atoms with van der Waals surface area (Å²) in [5.41, 5.74) is 16.1. The zero-order chi connectivity index (χ0) is 13.4. The lowest BCUT2D eigenvalue weighted by Gasteiger charge is -2.16. The van der Waals surface area contributed by atoms with Gasteiger partial charge in [0.15, 0.2) is 0 Å². The Morgan fingerprint density at radius 3 is 2.89 bits per heavy atom. The van der Waals surface area contributed by atoms with Gasteiger partial charge in [-0.2, -0.15) is 0 Å². The van der Waals surface area contributed by atoms with Crippen LogP contribution in [0.15, 0.2) is 36.0 Å². The van der Waals surface area contributed by atoms with Crippen molar-refractivity contribution in [3.8, 4) is 0 Å². The monoisotopic (exact) mass is 270 g/mol. The summed E-state index contributed by atoms with van der Waals surface area (Å²) in [4.78, 5) is 8.54. The zero-order valence-electron chi connectivity index (χ0n) is 10.5. The van der Waals surface area contributed by atoms with Gasteiger partial charge in [0.25, 0.3) is 0 Å². The number of thiophene rings is 1. The van der Waals surface area contributed by atoms with Crippen molar-refractivity contribution in [2.75, 3.05) is 5.73 Å². The number of aromatic nitrogens is 2. The smallest absolute Gasteiger partial charge is 0.128 e. The maximum absolute atomic E-state index is 6.32. The van der Waals surface area contributed by atoms with E-state index in [1.54, 1.807) is 17.5 Å². The minimum atomic E-state index is -0.298. The summed E-state index contributed by atoms with van der Waals surface area (Å²) in [6.07, 6.45) is 3.51. The van der Waals surface area contributed by atoms with Crippen molar-refractivity contribution in [2.45, 2.75) is 13.0 Å².